The van der Waals surface area contributed by atoms with Gasteiger partial charge in [-0.15, -0.1) is 0 Å². The zero-order valence-electron chi connectivity index (χ0n) is 13.5. The lowest BCUT2D eigenvalue weighted by molar-refractivity contribution is -0.141. The van der Waals surface area contributed by atoms with Crippen molar-refractivity contribution in [1.82, 2.24) is 5.32 Å². The van der Waals surface area contributed by atoms with Gasteiger partial charge in [0.15, 0.2) is 0 Å². The van der Waals surface area contributed by atoms with Crippen LogP contribution in [-0.4, -0.2) is 23.0 Å². The number of rotatable bonds is 3. The van der Waals surface area contributed by atoms with Crippen LogP contribution < -0.4 is 5.32 Å². The lowest BCUT2D eigenvalue weighted by atomic mass is 9.69. The first-order chi connectivity index (χ1) is 9.79. The number of nitrogens with one attached hydrogen (secondary N) is 1. The second kappa shape index (κ2) is 6.37. The zero-order valence-corrected chi connectivity index (χ0v) is 13.5. The van der Waals surface area contributed by atoms with Crippen LogP contribution in [0.5, 0.6) is 0 Å². The molecule has 4 heteroatoms. The van der Waals surface area contributed by atoms with E-state index < -0.39 is 5.97 Å². The number of hydrogen-bond donors (Lipinski definition) is 2. The highest BCUT2D eigenvalue weighted by Gasteiger charge is 2.38. The summed E-state index contributed by atoms with van der Waals surface area (Å²) in [5.41, 5.74) is 0.206. The molecule has 0 aromatic rings. The van der Waals surface area contributed by atoms with Crippen molar-refractivity contribution >= 4 is 11.9 Å². The van der Waals surface area contributed by atoms with Crippen molar-refractivity contribution in [1.29, 1.82) is 0 Å². The number of aliphatic carboxylic acids is 1. The smallest absolute Gasteiger partial charge is 0.306 e. The molecule has 21 heavy (non-hydrogen) atoms. The van der Waals surface area contributed by atoms with Crippen molar-refractivity contribution in [3.63, 3.8) is 0 Å². The number of amides is 1. The Morgan fingerprint density at radius 1 is 1.00 bits per heavy atom. The van der Waals surface area contributed by atoms with Gasteiger partial charge in [-0.3, -0.25) is 9.59 Å². The van der Waals surface area contributed by atoms with Crippen molar-refractivity contribution in [2.75, 3.05) is 0 Å². The monoisotopic (exact) mass is 295 g/mol. The van der Waals surface area contributed by atoms with Crippen LogP contribution in [0.1, 0.15) is 65.7 Å². The Balaban J connectivity index is 1.93. The highest BCUT2D eigenvalue weighted by Crippen LogP contribution is 2.38. The molecule has 2 N–H and O–H groups in total. The normalized spacial score (nSPS) is 33.7. The van der Waals surface area contributed by atoms with Gasteiger partial charge in [0.2, 0.25) is 5.91 Å². The minimum Gasteiger partial charge on any atom is -0.481 e. The first-order valence-corrected chi connectivity index (χ1v) is 8.32. The lowest BCUT2D eigenvalue weighted by Gasteiger charge is -2.41. The molecule has 120 valence electrons. The third kappa shape index (κ3) is 3.98. The highest BCUT2D eigenvalue weighted by atomic mass is 16.4. The van der Waals surface area contributed by atoms with Gasteiger partial charge in [0.05, 0.1) is 5.92 Å². The number of carbonyl (C=O) groups is 2. The molecule has 2 rings (SSSR count). The fraction of sp³-hybridized carbons (Fsp3) is 0.882. The minimum atomic E-state index is -0.754. The summed E-state index contributed by atoms with van der Waals surface area (Å²) in [4.78, 5) is 23.5. The molecule has 0 heterocycles. The van der Waals surface area contributed by atoms with Crippen LogP contribution in [0.4, 0.5) is 0 Å². The van der Waals surface area contributed by atoms with Crippen LogP contribution in [0.2, 0.25) is 0 Å². The maximum Gasteiger partial charge on any atom is 0.306 e. The molecule has 0 aromatic heterocycles. The summed E-state index contributed by atoms with van der Waals surface area (Å²) in [6.45, 7) is 6.74. The van der Waals surface area contributed by atoms with E-state index in [2.05, 4.69) is 26.1 Å². The second-order valence-electron chi connectivity index (χ2n) is 7.92. The van der Waals surface area contributed by atoms with Gasteiger partial charge in [0, 0.05) is 12.0 Å². The molecule has 0 aromatic carbocycles. The maximum absolute atomic E-state index is 12.5. The van der Waals surface area contributed by atoms with E-state index in [1.807, 2.05) is 0 Å². The predicted octanol–water partition coefficient (Wildman–Crippen LogP) is 3.21. The molecule has 4 nitrogen and oxygen atoms in total. The number of hydrogen-bond acceptors (Lipinski definition) is 2. The van der Waals surface area contributed by atoms with Gasteiger partial charge >= 0.3 is 5.97 Å². The molecule has 0 bridgehead atoms. The van der Waals surface area contributed by atoms with Gasteiger partial charge in [0.1, 0.15) is 0 Å². The number of carboxylic acid groups (broad SMARTS) is 1. The third-order valence-electron chi connectivity index (χ3n) is 5.36. The molecular weight excluding hydrogens is 266 g/mol. The van der Waals surface area contributed by atoms with Crippen molar-refractivity contribution < 1.29 is 14.7 Å². The van der Waals surface area contributed by atoms with Gasteiger partial charge < -0.3 is 10.4 Å². The average Bonchev–Trinajstić information content (AvgIpc) is 2.88. The zero-order chi connectivity index (χ0) is 15.6. The summed E-state index contributed by atoms with van der Waals surface area (Å²) in [7, 11) is 0. The van der Waals surface area contributed by atoms with Crippen molar-refractivity contribution in [3.05, 3.63) is 0 Å². The molecule has 2 saturated carbocycles. The van der Waals surface area contributed by atoms with Crippen LogP contribution >= 0.6 is 0 Å². The molecular formula is C17H29NO3. The van der Waals surface area contributed by atoms with Crippen molar-refractivity contribution in [2.24, 2.45) is 23.2 Å². The van der Waals surface area contributed by atoms with Gasteiger partial charge in [-0.2, -0.15) is 0 Å². The van der Waals surface area contributed by atoms with E-state index in [1.54, 1.807) is 0 Å². The van der Waals surface area contributed by atoms with E-state index in [4.69, 9.17) is 5.11 Å². The van der Waals surface area contributed by atoms with Gasteiger partial charge in [-0.1, -0.05) is 33.6 Å². The number of carboxylic acids is 1. The largest absolute Gasteiger partial charge is 0.481 e. The Hall–Kier alpha value is -1.06. The topological polar surface area (TPSA) is 66.4 Å². The molecule has 1 amide bonds. The summed E-state index contributed by atoms with van der Waals surface area (Å²) >= 11 is 0. The van der Waals surface area contributed by atoms with E-state index in [0.29, 0.717) is 18.8 Å². The Morgan fingerprint density at radius 2 is 1.62 bits per heavy atom. The predicted molar refractivity (Wildman–Crippen MR) is 81.8 cm³/mol. The fourth-order valence-electron chi connectivity index (χ4n) is 4.08. The molecule has 2 unspecified atom stereocenters. The molecule has 2 fully saturated rings. The molecule has 0 aliphatic heterocycles. The standard InChI is InChI=1S/C17H29NO3/c1-17(2,3)13-6-4-5-7-14(13)18-15(19)11-8-9-12(10-11)16(20)21/h11-14H,4-10H2,1-3H3,(H,18,19)(H,20,21)/t11-,12+,13?,14?/m1/s1. The quantitative estimate of drug-likeness (QED) is 0.840. The Labute approximate surface area is 127 Å². The van der Waals surface area contributed by atoms with Gasteiger partial charge in [0.25, 0.3) is 0 Å². The fourth-order valence-corrected chi connectivity index (χ4v) is 4.08. The Morgan fingerprint density at radius 3 is 2.19 bits per heavy atom. The van der Waals surface area contributed by atoms with Crippen LogP contribution in [0.25, 0.3) is 0 Å². The van der Waals surface area contributed by atoms with E-state index in [0.717, 1.165) is 12.8 Å². The molecule has 2 aliphatic carbocycles. The molecule has 0 saturated heterocycles. The van der Waals surface area contributed by atoms with Crippen LogP contribution in [0, 0.1) is 23.2 Å². The van der Waals surface area contributed by atoms with Crippen LogP contribution in [-0.2, 0) is 9.59 Å². The summed E-state index contributed by atoms with van der Waals surface area (Å²) < 4.78 is 0. The second-order valence-corrected chi connectivity index (χ2v) is 7.92. The third-order valence-corrected chi connectivity index (χ3v) is 5.36. The van der Waals surface area contributed by atoms with Crippen LogP contribution in [0.15, 0.2) is 0 Å². The highest BCUT2D eigenvalue weighted by molar-refractivity contribution is 5.81. The van der Waals surface area contributed by atoms with Crippen molar-refractivity contribution in [3.8, 4) is 0 Å². The molecule has 0 spiro atoms. The lowest BCUT2D eigenvalue weighted by Crippen LogP contribution is -2.48. The number of carbonyl (C=O) groups excluding carboxylic acids is 1. The Kier molecular flexibility index (Phi) is 4.95. The Bertz CT molecular complexity index is 399. The SMILES string of the molecule is CC(C)(C)C1CCCCC1NC(=O)[C@@H]1CC[C@H](C(=O)O)C1. The average molecular weight is 295 g/mol. The molecule has 2 aliphatic rings. The summed E-state index contributed by atoms with van der Waals surface area (Å²) in [5.74, 6) is -0.582. The minimum absolute atomic E-state index is 0.0832. The summed E-state index contributed by atoms with van der Waals surface area (Å²) in [5, 5.41) is 12.3. The maximum atomic E-state index is 12.5. The van der Waals surface area contributed by atoms with Gasteiger partial charge in [-0.25, -0.2) is 0 Å². The van der Waals surface area contributed by atoms with E-state index in [-0.39, 0.29) is 29.2 Å². The van der Waals surface area contributed by atoms with Crippen LogP contribution in [0.3, 0.4) is 0 Å². The first-order valence-electron chi connectivity index (χ1n) is 8.32. The van der Waals surface area contributed by atoms with Gasteiger partial charge in [-0.05, 0) is 43.4 Å². The first kappa shape index (κ1) is 16.3. The summed E-state index contributed by atoms with van der Waals surface area (Å²) in [6, 6.07) is 0.259. The van der Waals surface area contributed by atoms with E-state index in [1.165, 1.54) is 19.3 Å². The molecule has 0 radical (unpaired) electrons. The summed E-state index contributed by atoms with van der Waals surface area (Å²) in [6.07, 6.45) is 6.53. The van der Waals surface area contributed by atoms with E-state index >= 15 is 0 Å². The van der Waals surface area contributed by atoms with Crippen molar-refractivity contribution in [2.45, 2.75) is 71.8 Å². The van der Waals surface area contributed by atoms with E-state index in [9.17, 15) is 9.59 Å². The molecule has 4 atom stereocenters.